The van der Waals surface area contributed by atoms with Crippen molar-refractivity contribution in [2.75, 3.05) is 13.1 Å². The maximum Gasteiger partial charge on any atom is 0.223 e. The van der Waals surface area contributed by atoms with Gasteiger partial charge in [0.25, 0.3) is 0 Å². The number of benzene rings is 1. The van der Waals surface area contributed by atoms with Gasteiger partial charge in [0.15, 0.2) is 5.96 Å². The van der Waals surface area contributed by atoms with E-state index in [-0.39, 0.29) is 5.91 Å². The number of nitrogens with one attached hydrogen (secondary N) is 2. The van der Waals surface area contributed by atoms with Crippen molar-refractivity contribution in [1.29, 1.82) is 0 Å². The van der Waals surface area contributed by atoms with Crippen LogP contribution in [0, 0.1) is 6.92 Å². The lowest BCUT2D eigenvalue weighted by atomic mass is 10.1. The Morgan fingerprint density at radius 2 is 1.93 bits per heavy atom. The summed E-state index contributed by atoms with van der Waals surface area (Å²) in [6.07, 6.45) is 2.29. The molecule has 0 aliphatic carbocycles. The first-order valence-electron chi connectivity index (χ1n) is 10.5. The van der Waals surface area contributed by atoms with Crippen molar-refractivity contribution in [3.05, 3.63) is 57.3 Å². The molecule has 6 heteroatoms. The average Bonchev–Trinajstić information content (AvgIpc) is 3.31. The number of guanidine groups is 1. The summed E-state index contributed by atoms with van der Waals surface area (Å²) in [6.45, 7) is 9.33. The first-order valence-corrected chi connectivity index (χ1v) is 11.3. The topological polar surface area (TPSA) is 56.7 Å². The normalized spacial score (nSPS) is 14.6. The Bertz CT molecular complexity index is 820. The van der Waals surface area contributed by atoms with Gasteiger partial charge >= 0.3 is 0 Å². The van der Waals surface area contributed by atoms with Gasteiger partial charge in [0.1, 0.15) is 0 Å². The lowest BCUT2D eigenvalue weighted by molar-refractivity contribution is -0.131. The smallest absolute Gasteiger partial charge is 0.223 e. The number of fused-ring (bicyclic) bond motifs is 1. The molecule has 2 aromatic rings. The number of thiophene rings is 1. The Morgan fingerprint density at radius 3 is 2.55 bits per heavy atom. The molecule has 0 radical (unpaired) electrons. The summed E-state index contributed by atoms with van der Waals surface area (Å²) in [5.74, 6) is 1.05. The molecule has 1 amide bonds. The standard InChI is InChI=1S/C23H32N4OS/c1-4-24-23(26-17(2)14-21-12-11-18(3)29-21)25-13-7-10-22(28)27-15-19-8-5-6-9-20(19)16-27/h5-6,8-9,11-12,17H,4,7,10,13-16H2,1-3H3,(H2,24,25,26). The van der Waals surface area contributed by atoms with Crippen LogP contribution in [-0.4, -0.2) is 35.9 Å². The Balaban J connectivity index is 1.42. The number of hydrogen-bond donors (Lipinski definition) is 2. The fraction of sp³-hybridized carbons (Fsp3) is 0.478. The molecule has 0 bridgehead atoms. The molecule has 1 aromatic heterocycles. The predicted octanol–water partition coefficient (Wildman–Crippen LogP) is 3.87. The van der Waals surface area contributed by atoms with E-state index in [0.717, 1.165) is 38.4 Å². The minimum absolute atomic E-state index is 0.218. The van der Waals surface area contributed by atoms with E-state index in [2.05, 4.69) is 60.7 Å². The number of carbonyl (C=O) groups is 1. The highest BCUT2D eigenvalue weighted by atomic mass is 32.1. The van der Waals surface area contributed by atoms with Gasteiger partial charge in [-0.05, 0) is 50.5 Å². The Labute approximate surface area is 178 Å². The summed E-state index contributed by atoms with van der Waals surface area (Å²) >= 11 is 1.85. The summed E-state index contributed by atoms with van der Waals surface area (Å²) in [6, 6.07) is 13.0. The van der Waals surface area contributed by atoms with E-state index < -0.39 is 0 Å². The summed E-state index contributed by atoms with van der Waals surface area (Å²) < 4.78 is 0. The monoisotopic (exact) mass is 412 g/mol. The second-order valence-corrected chi connectivity index (χ2v) is 9.02. The Morgan fingerprint density at radius 1 is 1.21 bits per heavy atom. The largest absolute Gasteiger partial charge is 0.357 e. The third-order valence-corrected chi connectivity index (χ3v) is 6.07. The van der Waals surface area contributed by atoms with Crippen LogP contribution < -0.4 is 10.6 Å². The quantitative estimate of drug-likeness (QED) is 0.393. The van der Waals surface area contributed by atoms with Crippen LogP contribution in [0.15, 0.2) is 41.4 Å². The van der Waals surface area contributed by atoms with Crippen LogP contribution in [-0.2, 0) is 24.3 Å². The highest BCUT2D eigenvalue weighted by molar-refractivity contribution is 7.11. The van der Waals surface area contributed by atoms with E-state index in [0.29, 0.717) is 19.0 Å². The zero-order valence-corrected chi connectivity index (χ0v) is 18.5. The molecule has 1 aliphatic rings. The van der Waals surface area contributed by atoms with E-state index in [1.807, 2.05) is 28.4 Å². The maximum absolute atomic E-state index is 12.5. The zero-order chi connectivity index (χ0) is 20.6. The molecule has 0 saturated carbocycles. The van der Waals surface area contributed by atoms with Crippen molar-refractivity contribution in [3.8, 4) is 0 Å². The molecule has 0 spiro atoms. The van der Waals surface area contributed by atoms with Gasteiger partial charge in [-0.2, -0.15) is 0 Å². The molecule has 3 rings (SSSR count). The summed E-state index contributed by atoms with van der Waals surface area (Å²) in [5, 5.41) is 6.79. The van der Waals surface area contributed by atoms with Gasteiger partial charge < -0.3 is 15.5 Å². The molecule has 5 nitrogen and oxygen atoms in total. The number of aliphatic imine (C=N–C) groups is 1. The number of nitrogens with zero attached hydrogens (tertiary/aromatic N) is 2. The molecule has 29 heavy (non-hydrogen) atoms. The Kier molecular flexibility index (Phi) is 7.69. The van der Waals surface area contributed by atoms with Crippen LogP contribution in [0.4, 0.5) is 0 Å². The lowest BCUT2D eigenvalue weighted by Gasteiger charge is -2.17. The fourth-order valence-electron chi connectivity index (χ4n) is 3.59. The van der Waals surface area contributed by atoms with Crippen LogP contribution in [0.25, 0.3) is 0 Å². The van der Waals surface area contributed by atoms with Crippen molar-refractivity contribution >= 4 is 23.2 Å². The van der Waals surface area contributed by atoms with Crippen molar-refractivity contribution in [1.82, 2.24) is 15.5 Å². The van der Waals surface area contributed by atoms with Crippen LogP contribution >= 0.6 is 11.3 Å². The second-order valence-electron chi connectivity index (χ2n) is 7.64. The summed E-state index contributed by atoms with van der Waals surface area (Å²) in [4.78, 5) is 21.9. The van der Waals surface area contributed by atoms with Crippen LogP contribution in [0.3, 0.4) is 0 Å². The van der Waals surface area contributed by atoms with Gasteiger partial charge in [-0.3, -0.25) is 9.79 Å². The van der Waals surface area contributed by atoms with Crippen LogP contribution in [0.2, 0.25) is 0 Å². The minimum Gasteiger partial charge on any atom is -0.357 e. The molecular weight excluding hydrogens is 380 g/mol. The first-order chi connectivity index (χ1) is 14.0. The molecule has 156 valence electrons. The Hall–Kier alpha value is -2.34. The van der Waals surface area contributed by atoms with E-state index in [9.17, 15) is 4.79 Å². The maximum atomic E-state index is 12.5. The van der Waals surface area contributed by atoms with E-state index in [1.54, 1.807) is 0 Å². The first kappa shape index (κ1) is 21.4. The predicted molar refractivity (Wildman–Crippen MR) is 121 cm³/mol. The third-order valence-electron chi connectivity index (χ3n) is 5.04. The highest BCUT2D eigenvalue weighted by Gasteiger charge is 2.22. The fourth-order valence-corrected chi connectivity index (χ4v) is 4.61. The summed E-state index contributed by atoms with van der Waals surface area (Å²) in [5.41, 5.74) is 2.54. The van der Waals surface area contributed by atoms with E-state index in [4.69, 9.17) is 0 Å². The molecule has 1 unspecified atom stereocenters. The average molecular weight is 413 g/mol. The van der Waals surface area contributed by atoms with Gasteiger partial charge in [-0.25, -0.2) is 0 Å². The van der Waals surface area contributed by atoms with Gasteiger partial charge in [-0.15, -0.1) is 11.3 Å². The van der Waals surface area contributed by atoms with Gasteiger partial charge in [-0.1, -0.05) is 24.3 Å². The molecule has 1 aliphatic heterocycles. The molecule has 0 saturated heterocycles. The minimum atomic E-state index is 0.218. The van der Waals surface area contributed by atoms with Gasteiger partial charge in [0, 0.05) is 54.8 Å². The number of aryl methyl sites for hydroxylation is 1. The van der Waals surface area contributed by atoms with Crippen molar-refractivity contribution < 1.29 is 4.79 Å². The van der Waals surface area contributed by atoms with E-state index >= 15 is 0 Å². The van der Waals surface area contributed by atoms with Gasteiger partial charge in [0.2, 0.25) is 5.91 Å². The van der Waals surface area contributed by atoms with Crippen molar-refractivity contribution in [2.24, 2.45) is 4.99 Å². The third kappa shape index (κ3) is 6.32. The zero-order valence-electron chi connectivity index (χ0n) is 17.7. The van der Waals surface area contributed by atoms with Crippen molar-refractivity contribution in [2.45, 2.75) is 59.2 Å². The molecule has 1 atom stereocenters. The lowest BCUT2D eigenvalue weighted by Crippen LogP contribution is -2.43. The van der Waals surface area contributed by atoms with Gasteiger partial charge in [0.05, 0.1) is 0 Å². The number of amides is 1. The van der Waals surface area contributed by atoms with Crippen LogP contribution in [0.5, 0.6) is 0 Å². The number of carbonyl (C=O) groups excluding carboxylic acids is 1. The SMILES string of the molecule is CCNC(=NCCCC(=O)N1Cc2ccccc2C1)NC(C)Cc1ccc(C)s1. The molecule has 0 fully saturated rings. The molecule has 2 heterocycles. The van der Waals surface area contributed by atoms with Crippen molar-refractivity contribution in [3.63, 3.8) is 0 Å². The molecule has 2 N–H and O–H groups in total. The van der Waals surface area contributed by atoms with E-state index in [1.165, 1.54) is 20.9 Å². The number of rotatable bonds is 8. The van der Waals surface area contributed by atoms with Crippen LogP contribution in [0.1, 0.15) is 47.6 Å². The highest BCUT2D eigenvalue weighted by Crippen LogP contribution is 2.23. The molecular formula is C23H32N4OS. The second kappa shape index (κ2) is 10.4. The molecule has 1 aromatic carbocycles. The summed E-state index contributed by atoms with van der Waals surface area (Å²) in [7, 11) is 0. The number of hydrogen-bond acceptors (Lipinski definition) is 3.